The summed E-state index contributed by atoms with van der Waals surface area (Å²) >= 11 is 0. The molecule has 0 unspecified atom stereocenters. The lowest BCUT2D eigenvalue weighted by atomic mass is 10.2. The van der Waals surface area contributed by atoms with Gasteiger partial charge in [0.15, 0.2) is 0 Å². The minimum atomic E-state index is -1.58. The first-order valence-corrected chi connectivity index (χ1v) is 6.87. The van der Waals surface area contributed by atoms with E-state index in [0.717, 1.165) is 5.56 Å². The van der Waals surface area contributed by atoms with Crippen molar-refractivity contribution in [2.24, 2.45) is 0 Å². The number of hydrogen-bond acceptors (Lipinski definition) is 6. The Balaban J connectivity index is 2.81. The number of carbonyl (C=O) groups excluding carboxylic acids is 3. The number of amides is 1. The Labute approximate surface area is 128 Å². The molecule has 0 saturated carbocycles. The van der Waals surface area contributed by atoms with E-state index in [1.807, 2.05) is 6.07 Å². The van der Waals surface area contributed by atoms with Crippen molar-refractivity contribution < 1.29 is 28.7 Å². The van der Waals surface area contributed by atoms with E-state index in [1.165, 1.54) is 0 Å². The van der Waals surface area contributed by atoms with Gasteiger partial charge in [-0.2, -0.15) is 5.06 Å². The van der Waals surface area contributed by atoms with E-state index < -0.39 is 18.0 Å². The van der Waals surface area contributed by atoms with Gasteiger partial charge in [0.1, 0.15) is 6.61 Å². The molecule has 0 aromatic heterocycles. The van der Waals surface area contributed by atoms with Crippen LogP contribution in [0.25, 0.3) is 0 Å². The van der Waals surface area contributed by atoms with Gasteiger partial charge in [-0.05, 0) is 19.4 Å². The minimum Gasteiger partial charge on any atom is -0.464 e. The Morgan fingerprint density at radius 3 is 2.09 bits per heavy atom. The maximum Gasteiger partial charge on any atom is 0.343 e. The molecule has 0 bridgehead atoms. The van der Waals surface area contributed by atoms with Crippen LogP contribution in [-0.4, -0.2) is 42.7 Å². The molecule has 0 saturated heterocycles. The van der Waals surface area contributed by atoms with Crippen molar-refractivity contribution in [2.75, 3.05) is 13.2 Å². The molecule has 0 aliphatic carbocycles. The maximum atomic E-state index is 11.9. The van der Waals surface area contributed by atoms with E-state index in [1.54, 1.807) is 38.1 Å². The van der Waals surface area contributed by atoms with Crippen molar-refractivity contribution in [2.45, 2.75) is 26.5 Å². The van der Waals surface area contributed by atoms with Crippen LogP contribution in [0.15, 0.2) is 30.3 Å². The summed E-state index contributed by atoms with van der Waals surface area (Å²) < 4.78 is 9.57. The average molecular weight is 309 g/mol. The summed E-state index contributed by atoms with van der Waals surface area (Å²) in [7, 11) is 0. The zero-order valence-corrected chi connectivity index (χ0v) is 12.6. The zero-order valence-electron chi connectivity index (χ0n) is 12.6. The summed E-state index contributed by atoms with van der Waals surface area (Å²) in [5.74, 6) is -1.80. The second-order valence-corrected chi connectivity index (χ2v) is 4.13. The largest absolute Gasteiger partial charge is 0.464 e. The van der Waals surface area contributed by atoms with Crippen molar-refractivity contribution in [3.05, 3.63) is 35.9 Å². The summed E-state index contributed by atoms with van der Waals surface area (Å²) in [5.41, 5.74) is 0.779. The second kappa shape index (κ2) is 9.51. The highest BCUT2D eigenvalue weighted by atomic mass is 16.7. The van der Waals surface area contributed by atoms with Crippen molar-refractivity contribution in [3.8, 4) is 0 Å². The fourth-order valence-electron chi connectivity index (χ4n) is 1.64. The third kappa shape index (κ3) is 5.17. The Morgan fingerprint density at radius 2 is 1.64 bits per heavy atom. The smallest absolute Gasteiger partial charge is 0.343 e. The van der Waals surface area contributed by atoms with E-state index >= 15 is 0 Å². The van der Waals surface area contributed by atoms with Gasteiger partial charge >= 0.3 is 11.9 Å². The van der Waals surface area contributed by atoms with E-state index in [9.17, 15) is 14.4 Å². The number of benzene rings is 1. The predicted molar refractivity (Wildman–Crippen MR) is 76.2 cm³/mol. The summed E-state index contributed by atoms with van der Waals surface area (Å²) in [6.45, 7) is 3.35. The average Bonchev–Trinajstić information content (AvgIpc) is 2.52. The molecule has 22 heavy (non-hydrogen) atoms. The molecular formula is C15H19NO6. The van der Waals surface area contributed by atoms with Crippen LogP contribution in [0, 0.1) is 0 Å². The van der Waals surface area contributed by atoms with Crippen LogP contribution in [0.3, 0.4) is 0 Å². The van der Waals surface area contributed by atoms with Crippen LogP contribution >= 0.6 is 0 Å². The fourth-order valence-corrected chi connectivity index (χ4v) is 1.64. The van der Waals surface area contributed by atoms with Crippen molar-refractivity contribution in [1.82, 2.24) is 5.06 Å². The summed E-state index contributed by atoms with van der Waals surface area (Å²) in [4.78, 5) is 40.1. The highest BCUT2D eigenvalue weighted by Gasteiger charge is 2.36. The molecule has 0 atom stereocenters. The Morgan fingerprint density at radius 1 is 1.09 bits per heavy atom. The van der Waals surface area contributed by atoms with Crippen LogP contribution in [0.5, 0.6) is 0 Å². The Bertz CT molecular complexity index is 472. The SMILES string of the molecule is CCOC(=O)C(C(=O)OCC)N(C=O)OCc1ccccc1. The van der Waals surface area contributed by atoms with Crippen LogP contribution in [-0.2, 0) is 35.3 Å². The maximum absolute atomic E-state index is 11.9. The Hall–Kier alpha value is -2.41. The first-order chi connectivity index (χ1) is 10.6. The molecule has 1 aromatic rings. The number of esters is 2. The van der Waals surface area contributed by atoms with E-state index in [0.29, 0.717) is 5.06 Å². The van der Waals surface area contributed by atoms with Crippen LogP contribution in [0.1, 0.15) is 19.4 Å². The molecule has 0 heterocycles. The monoisotopic (exact) mass is 309 g/mol. The topological polar surface area (TPSA) is 82.1 Å². The standard InChI is InChI=1S/C15H19NO6/c1-3-20-14(18)13(15(19)21-4-2)16(11-17)22-10-12-8-6-5-7-9-12/h5-9,11,13H,3-4,10H2,1-2H3. The fraction of sp³-hybridized carbons (Fsp3) is 0.400. The molecule has 1 rings (SSSR count). The first-order valence-electron chi connectivity index (χ1n) is 6.87. The summed E-state index contributed by atoms with van der Waals surface area (Å²) in [5, 5.41) is 0.614. The molecule has 0 fully saturated rings. The summed E-state index contributed by atoms with van der Waals surface area (Å²) in [6.07, 6.45) is 0.251. The van der Waals surface area contributed by atoms with Gasteiger partial charge < -0.3 is 9.47 Å². The molecule has 1 aromatic carbocycles. The highest BCUT2D eigenvalue weighted by molar-refractivity contribution is 6.00. The summed E-state index contributed by atoms with van der Waals surface area (Å²) in [6, 6.07) is 7.43. The van der Waals surface area contributed by atoms with Gasteiger partial charge in [-0.1, -0.05) is 30.3 Å². The number of nitrogens with zero attached hydrogens (tertiary/aromatic N) is 1. The lowest BCUT2D eigenvalue weighted by molar-refractivity contribution is -0.210. The number of ether oxygens (including phenoxy) is 2. The first kappa shape index (κ1) is 17.6. The van der Waals surface area contributed by atoms with Gasteiger partial charge in [0.05, 0.1) is 13.2 Å². The normalized spacial score (nSPS) is 10.1. The van der Waals surface area contributed by atoms with Crippen molar-refractivity contribution in [1.29, 1.82) is 0 Å². The Kier molecular flexibility index (Phi) is 7.63. The molecule has 7 nitrogen and oxygen atoms in total. The lowest BCUT2D eigenvalue weighted by Crippen LogP contribution is -2.47. The van der Waals surface area contributed by atoms with Gasteiger partial charge in [-0.3, -0.25) is 9.63 Å². The quantitative estimate of drug-likeness (QED) is 0.294. The predicted octanol–water partition coefficient (Wildman–Crippen LogP) is 1.07. The van der Waals surface area contributed by atoms with Crippen molar-refractivity contribution >= 4 is 18.3 Å². The third-order valence-corrected chi connectivity index (χ3v) is 2.60. The minimum absolute atomic E-state index is 0.0227. The van der Waals surface area contributed by atoms with E-state index in [4.69, 9.17) is 14.3 Å². The van der Waals surface area contributed by atoms with Crippen LogP contribution in [0.2, 0.25) is 0 Å². The molecular weight excluding hydrogens is 290 g/mol. The molecule has 0 aliphatic heterocycles. The second-order valence-electron chi connectivity index (χ2n) is 4.13. The van der Waals surface area contributed by atoms with Crippen LogP contribution < -0.4 is 0 Å². The van der Waals surface area contributed by atoms with Gasteiger partial charge in [0, 0.05) is 0 Å². The molecule has 7 heteroatoms. The van der Waals surface area contributed by atoms with E-state index in [2.05, 4.69) is 0 Å². The lowest BCUT2D eigenvalue weighted by Gasteiger charge is -2.23. The molecule has 0 radical (unpaired) electrons. The van der Waals surface area contributed by atoms with Gasteiger partial charge in [0.2, 0.25) is 6.41 Å². The van der Waals surface area contributed by atoms with E-state index in [-0.39, 0.29) is 26.2 Å². The number of rotatable bonds is 9. The molecule has 0 aliphatic rings. The van der Waals surface area contributed by atoms with Gasteiger partial charge in [-0.25, -0.2) is 9.59 Å². The number of carbonyl (C=O) groups is 3. The third-order valence-electron chi connectivity index (χ3n) is 2.60. The molecule has 1 amide bonds. The highest BCUT2D eigenvalue weighted by Crippen LogP contribution is 2.08. The molecule has 0 N–H and O–H groups in total. The van der Waals surface area contributed by atoms with Gasteiger partial charge in [-0.15, -0.1) is 0 Å². The molecule has 0 spiro atoms. The molecule has 120 valence electrons. The number of hydroxylamine groups is 2. The van der Waals surface area contributed by atoms with Gasteiger partial charge in [0.25, 0.3) is 6.04 Å². The van der Waals surface area contributed by atoms with Crippen LogP contribution in [0.4, 0.5) is 0 Å². The zero-order chi connectivity index (χ0) is 16.4. The number of hydrogen-bond donors (Lipinski definition) is 0. The van der Waals surface area contributed by atoms with Crippen molar-refractivity contribution in [3.63, 3.8) is 0 Å².